The standard InChI is InChI=1S/C20H31NO/c1-13-4-7-17-16-6-5-14-12-15(21-22)8-10-20(14,3)18(16)9-11-19(13,17)2/h5-6,13-18H,4,7-12H2,1-3H3/t13-,14-,15?,16?,17?,18?,19?,20?/m0/s1. The van der Waals surface area contributed by atoms with Crippen LogP contribution < -0.4 is 0 Å². The van der Waals surface area contributed by atoms with E-state index in [1.807, 2.05) is 0 Å². The fraction of sp³-hybridized carbons (Fsp3) is 0.900. The Morgan fingerprint density at radius 3 is 2.45 bits per heavy atom. The number of nitroso groups, excluding NO2 is 1. The van der Waals surface area contributed by atoms with Crippen LogP contribution in [0.3, 0.4) is 0 Å². The number of nitrogens with zero attached hydrogens (tertiary/aromatic N) is 1. The molecular weight excluding hydrogens is 270 g/mol. The zero-order valence-electron chi connectivity index (χ0n) is 14.4. The minimum atomic E-state index is 0.0691. The Morgan fingerprint density at radius 1 is 0.955 bits per heavy atom. The molecule has 0 aromatic carbocycles. The van der Waals surface area contributed by atoms with Gasteiger partial charge in [-0.2, -0.15) is 4.91 Å². The molecule has 0 spiro atoms. The first-order valence-electron chi connectivity index (χ1n) is 9.50. The van der Waals surface area contributed by atoms with Crippen LogP contribution in [-0.2, 0) is 0 Å². The van der Waals surface area contributed by atoms with Gasteiger partial charge in [0, 0.05) is 0 Å². The molecule has 4 aliphatic carbocycles. The minimum Gasteiger partial charge on any atom is -0.151 e. The quantitative estimate of drug-likeness (QED) is 0.459. The minimum absolute atomic E-state index is 0.0691. The lowest BCUT2D eigenvalue weighted by Crippen LogP contribution is -2.51. The van der Waals surface area contributed by atoms with Crippen molar-refractivity contribution in [2.45, 2.75) is 71.8 Å². The molecule has 0 N–H and O–H groups in total. The third-order valence-corrected chi connectivity index (χ3v) is 8.76. The predicted octanol–water partition coefficient (Wildman–Crippen LogP) is 5.58. The van der Waals surface area contributed by atoms with E-state index in [0.717, 1.165) is 36.5 Å². The Balaban J connectivity index is 1.66. The van der Waals surface area contributed by atoms with Gasteiger partial charge in [0.1, 0.15) is 0 Å². The van der Waals surface area contributed by atoms with Crippen LogP contribution in [0.2, 0.25) is 0 Å². The second kappa shape index (κ2) is 4.92. The highest BCUT2D eigenvalue weighted by Crippen LogP contribution is 2.65. The molecule has 2 nitrogen and oxygen atoms in total. The molecule has 4 rings (SSSR count). The third-order valence-electron chi connectivity index (χ3n) is 8.76. The topological polar surface area (TPSA) is 29.4 Å². The highest BCUT2D eigenvalue weighted by Gasteiger charge is 2.58. The second-order valence-corrected chi connectivity index (χ2v) is 9.34. The van der Waals surface area contributed by atoms with E-state index in [2.05, 4.69) is 38.1 Å². The van der Waals surface area contributed by atoms with Crippen molar-refractivity contribution >= 4 is 0 Å². The van der Waals surface area contributed by atoms with E-state index in [1.165, 1.54) is 32.1 Å². The van der Waals surface area contributed by atoms with Gasteiger partial charge < -0.3 is 0 Å². The van der Waals surface area contributed by atoms with Crippen LogP contribution >= 0.6 is 0 Å². The summed E-state index contributed by atoms with van der Waals surface area (Å²) in [5.41, 5.74) is 1.00. The first-order chi connectivity index (χ1) is 10.5. The van der Waals surface area contributed by atoms with Gasteiger partial charge >= 0.3 is 0 Å². The van der Waals surface area contributed by atoms with E-state index in [-0.39, 0.29) is 6.04 Å². The molecule has 3 fully saturated rings. The van der Waals surface area contributed by atoms with Crippen LogP contribution in [0, 0.1) is 45.3 Å². The molecule has 2 heteroatoms. The lowest BCUT2D eigenvalue weighted by molar-refractivity contribution is -0.0585. The van der Waals surface area contributed by atoms with Gasteiger partial charge in [0.05, 0.1) is 6.04 Å². The summed E-state index contributed by atoms with van der Waals surface area (Å²) in [4.78, 5) is 11.0. The van der Waals surface area contributed by atoms with Gasteiger partial charge in [-0.3, -0.25) is 0 Å². The lowest BCUT2D eigenvalue weighted by atomic mass is 9.46. The molecule has 0 heterocycles. The normalized spacial score (nSPS) is 56.9. The van der Waals surface area contributed by atoms with Crippen molar-refractivity contribution in [2.24, 2.45) is 45.6 Å². The lowest BCUT2D eigenvalue weighted by Gasteiger charge is -2.58. The summed E-state index contributed by atoms with van der Waals surface area (Å²) in [7, 11) is 0. The maximum atomic E-state index is 11.0. The maximum absolute atomic E-state index is 11.0. The van der Waals surface area contributed by atoms with Gasteiger partial charge in [-0.15, -0.1) is 0 Å². The van der Waals surface area contributed by atoms with Crippen molar-refractivity contribution in [2.75, 3.05) is 0 Å². The Labute approximate surface area is 135 Å². The van der Waals surface area contributed by atoms with E-state index in [4.69, 9.17) is 0 Å². The van der Waals surface area contributed by atoms with Crippen molar-refractivity contribution in [3.63, 3.8) is 0 Å². The summed E-state index contributed by atoms with van der Waals surface area (Å²) in [5.74, 6) is 4.03. The molecule has 22 heavy (non-hydrogen) atoms. The highest BCUT2D eigenvalue weighted by molar-refractivity contribution is 5.18. The van der Waals surface area contributed by atoms with Gasteiger partial charge in [-0.25, -0.2) is 0 Å². The first-order valence-corrected chi connectivity index (χ1v) is 9.50. The average molecular weight is 301 g/mol. The van der Waals surface area contributed by atoms with E-state index in [1.54, 1.807) is 0 Å². The van der Waals surface area contributed by atoms with Crippen LogP contribution in [0.15, 0.2) is 17.3 Å². The molecule has 0 saturated heterocycles. The molecule has 4 aliphatic rings. The van der Waals surface area contributed by atoms with Gasteiger partial charge in [0.15, 0.2) is 0 Å². The molecular formula is C20H31NO. The maximum Gasteiger partial charge on any atom is 0.0925 e. The summed E-state index contributed by atoms with van der Waals surface area (Å²) < 4.78 is 0. The fourth-order valence-electron chi connectivity index (χ4n) is 6.96. The van der Waals surface area contributed by atoms with Crippen molar-refractivity contribution in [3.05, 3.63) is 17.1 Å². The van der Waals surface area contributed by atoms with Crippen molar-refractivity contribution in [1.82, 2.24) is 0 Å². The number of fused-ring (bicyclic) bond motifs is 5. The number of allylic oxidation sites excluding steroid dienone is 2. The average Bonchev–Trinajstić information content (AvgIpc) is 2.82. The molecule has 0 amide bonds. The van der Waals surface area contributed by atoms with Crippen molar-refractivity contribution < 1.29 is 0 Å². The molecule has 0 radical (unpaired) electrons. The molecule has 0 aromatic heterocycles. The van der Waals surface area contributed by atoms with Gasteiger partial charge in [-0.05, 0) is 85.4 Å². The van der Waals surface area contributed by atoms with Crippen LogP contribution in [0.25, 0.3) is 0 Å². The molecule has 8 atom stereocenters. The Bertz CT molecular complexity index is 500. The summed E-state index contributed by atoms with van der Waals surface area (Å²) >= 11 is 0. The summed E-state index contributed by atoms with van der Waals surface area (Å²) in [6, 6.07) is 0.0691. The molecule has 0 aromatic rings. The predicted molar refractivity (Wildman–Crippen MR) is 90.4 cm³/mol. The summed E-state index contributed by atoms with van der Waals surface area (Å²) in [6.45, 7) is 7.58. The second-order valence-electron chi connectivity index (χ2n) is 9.34. The van der Waals surface area contributed by atoms with E-state index >= 15 is 0 Å². The number of hydrogen-bond acceptors (Lipinski definition) is 2. The van der Waals surface area contributed by atoms with Crippen LogP contribution in [0.4, 0.5) is 0 Å². The van der Waals surface area contributed by atoms with Crippen molar-refractivity contribution in [1.29, 1.82) is 0 Å². The summed E-state index contributed by atoms with van der Waals surface area (Å²) in [6.07, 6.45) is 14.0. The van der Waals surface area contributed by atoms with E-state index in [0.29, 0.717) is 16.7 Å². The molecule has 6 unspecified atom stereocenters. The first kappa shape index (κ1) is 14.9. The summed E-state index contributed by atoms with van der Waals surface area (Å²) in [5, 5.41) is 3.36. The third kappa shape index (κ3) is 1.85. The smallest absolute Gasteiger partial charge is 0.0925 e. The monoisotopic (exact) mass is 301 g/mol. The van der Waals surface area contributed by atoms with E-state index < -0.39 is 0 Å². The van der Waals surface area contributed by atoms with Gasteiger partial charge in [-0.1, -0.05) is 38.1 Å². The number of hydrogen-bond donors (Lipinski definition) is 0. The highest BCUT2D eigenvalue weighted by atomic mass is 16.3. The largest absolute Gasteiger partial charge is 0.151 e. The number of rotatable bonds is 1. The Morgan fingerprint density at radius 2 is 1.68 bits per heavy atom. The van der Waals surface area contributed by atoms with Crippen LogP contribution in [-0.4, -0.2) is 6.04 Å². The molecule has 0 bridgehead atoms. The van der Waals surface area contributed by atoms with Gasteiger partial charge in [0.25, 0.3) is 0 Å². The molecule has 0 aliphatic heterocycles. The molecule has 3 saturated carbocycles. The van der Waals surface area contributed by atoms with Crippen molar-refractivity contribution in [3.8, 4) is 0 Å². The SMILES string of the molecule is C[C@H]1CCC2C3C=C[C@H]4CC(N=O)CCC4(C)C3CCC21C. The fourth-order valence-corrected chi connectivity index (χ4v) is 6.96. The molecule has 122 valence electrons. The zero-order chi connectivity index (χ0) is 15.5. The van der Waals surface area contributed by atoms with Gasteiger partial charge in [0.2, 0.25) is 0 Å². The van der Waals surface area contributed by atoms with Crippen LogP contribution in [0.1, 0.15) is 65.7 Å². The van der Waals surface area contributed by atoms with E-state index in [9.17, 15) is 4.91 Å². The Kier molecular flexibility index (Phi) is 3.33. The zero-order valence-corrected chi connectivity index (χ0v) is 14.4. The van der Waals surface area contributed by atoms with Crippen LogP contribution in [0.5, 0.6) is 0 Å². The Hall–Kier alpha value is -0.660.